The van der Waals surface area contributed by atoms with Crippen LogP contribution in [-0.4, -0.2) is 23.8 Å². The van der Waals surface area contributed by atoms with Gasteiger partial charge in [-0.05, 0) is 11.8 Å². The van der Waals surface area contributed by atoms with Crippen molar-refractivity contribution >= 4 is 11.8 Å². The topological polar surface area (TPSA) is 37.4 Å². The third kappa shape index (κ3) is 1.65. The Kier molecular flexibility index (Phi) is 2.50. The van der Waals surface area contributed by atoms with Crippen molar-refractivity contribution in [3.05, 3.63) is 0 Å². The molecule has 3 nitrogen and oxygen atoms in total. The van der Waals surface area contributed by atoms with Crippen LogP contribution >= 0.6 is 0 Å². The Morgan fingerprint density at radius 3 is 2.00 bits per heavy atom. The fourth-order valence-corrected chi connectivity index (χ4v) is 1.41. The summed E-state index contributed by atoms with van der Waals surface area (Å²) in [6.45, 7) is 4.10. The fourth-order valence-electron chi connectivity index (χ4n) is 1.41. The summed E-state index contributed by atoms with van der Waals surface area (Å²) in [4.78, 5) is 23.7. The molecule has 0 saturated carbocycles. The number of carbonyl (C=O) groups excluding carboxylic acids is 2. The maximum absolute atomic E-state index is 11.2. The highest BCUT2D eigenvalue weighted by Gasteiger charge is 2.31. The zero-order valence-electron chi connectivity index (χ0n) is 7.83. The van der Waals surface area contributed by atoms with Gasteiger partial charge in [0.25, 0.3) is 0 Å². The standard InChI is InChI=1S/C9H15NO2/c1-6(2)7-4-8(11)10(3)9(12)5-7/h6-7H,4-5H2,1-3H3. The summed E-state index contributed by atoms with van der Waals surface area (Å²) in [6, 6.07) is 0. The second kappa shape index (κ2) is 3.25. The van der Waals surface area contributed by atoms with E-state index in [9.17, 15) is 9.59 Å². The number of likely N-dealkylation sites (tertiary alicyclic amines) is 1. The van der Waals surface area contributed by atoms with Crippen LogP contribution in [0.3, 0.4) is 0 Å². The normalized spacial score (nSPS) is 20.8. The van der Waals surface area contributed by atoms with Crippen LogP contribution in [0.15, 0.2) is 0 Å². The molecule has 0 radical (unpaired) electrons. The van der Waals surface area contributed by atoms with Gasteiger partial charge in [-0.3, -0.25) is 14.5 Å². The first-order valence-electron chi connectivity index (χ1n) is 4.31. The number of hydrogen-bond acceptors (Lipinski definition) is 2. The average Bonchev–Trinajstić information content (AvgIpc) is 1.99. The molecule has 0 atom stereocenters. The molecule has 3 heteroatoms. The third-order valence-corrected chi connectivity index (χ3v) is 2.56. The van der Waals surface area contributed by atoms with Gasteiger partial charge in [0.1, 0.15) is 0 Å². The molecule has 1 saturated heterocycles. The molecule has 0 aromatic carbocycles. The van der Waals surface area contributed by atoms with Crippen molar-refractivity contribution in [1.29, 1.82) is 0 Å². The molecule has 1 rings (SSSR count). The Bertz CT molecular complexity index is 193. The second-order valence-electron chi connectivity index (χ2n) is 3.76. The molecule has 0 unspecified atom stereocenters. The first-order valence-corrected chi connectivity index (χ1v) is 4.31. The molecule has 0 N–H and O–H groups in total. The van der Waals surface area contributed by atoms with Crippen LogP contribution in [0.1, 0.15) is 26.7 Å². The Morgan fingerprint density at radius 2 is 1.67 bits per heavy atom. The molecule has 0 spiro atoms. The van der Waals surface area contributed by atoms with Crippen molar-refractivity contribution in [3.8, 4) is 0 Å². The highest BCUT2D eigenvalue weighted by Crippen LogP contribution is 2.25. The van der Waals surface area contributed by atoms with Gasteiger partial charge in [-0.15, -0.1) is 0 Å². The number of hydrogen-bond donors (Lipinski definition) is 0. The number of piperidine rings is 1. The van der Waals surface area contributed by atoms with Gasteiger partial charge in [0.15, 0.2) is 0 Å². The summed E-state index contributed by atoms with van der Waals surface area (Å²) in [7, 11) is 1.56. The van der Waals surface area contributed by atoms with Gasteiger partial charge in [-0.1, -0.05) is 13.8 Å². The number of nitrogens with zero attached hydrogens (tertiary/aromatic N) is 1. The second-order valence-corrected chi connectivity index (χ2v) is 3.76. The van der Waals surface area contributed by atoms with Crippen molar-refractivity contribution < 1.29 is 9.59 Å². The number of carbonyl (C=O) groups is 2. The van der Waals surface area contributed by atoms with E-state index in [4.69, 9.17) is 0 Å². The first kappa shape index (κ1) is 9.23. The van der Waals surface area contributed by atoms with Gasteiger partial charge in [-0.2, -0.15) is 0 Å². The maximum Gasteiger partial charge on any atom is 0.229 e. The lowest BCUT2D eigenvalue weighted by Crippen LogP contribution is -2.41. The van der Waals surface area contributed by atoms with Crippen LogP contribution in [0.25, 0.3) is 0 Å². The van der Waals surface area contributed by atoms with E-state index in [0.717, 1.165) is 0 Å². The average molecular weight is 169 g/mol. The summed E-state index contributed by atoms with van der Waals surface area (Å²) in [6.07, 6.45) is 1.06. The van der Waals surface area contributed by atoms with Crippen molar-refractivity contribution in [2.45, 2.75) is 26.7 Å². The maximum atomic E-state index is 11.2. The minimum absolute atomic E-state index is 0.0371. The van der Waals surface area contributed by atoms with E-state index in [-0.39, 0.29) is 17.7 Å². The predicted octanol–water partition coefficient (Wildman–Crippen LogP) is 1.04. The van der Waals surface area contributed by atoms with E-state index in [1.807, 2.05) is 0 Å². The molecule has 1 aliphatic heterocycles. The lowest BCUT2D eigenvalue weighted by molar-refractivity contribution is -0.148. The summed E-state index contributed by atoms with van der Waals surface area (Å²) < 4.78 is 0. The zero-order chi connectivity index (χ0) is 9.30. The Morgan fingerprint density at radius 1 is 1.25 bits per heavy atom. The van der Waals surface area contributed by atoms with Gasteiger partial charge in [-0.25, -0.2) is 0 Å². The monoisotopic (exact) mass is 169 g/mol. The molecule has 0 aromatic rings. The van der Waals surface area contributed by atoms with Crippen LogP contribution in [0.4, 0.5) is 0 Å². The lowest BCUT2D eigenvalue weighted by atomic mass is 9.86. The minimum Gasteiger partial charge on any atom is -0.286 e. The summed E-state index contributed by atoms with van der Waals surface area (Å²) in [5, 5.41) is 0. The van der Waals surface area contributed by atoms with Crippen molar-refractivity contribution in [1.82, 2.24) is 4.90 Å². The molecule has 0 aliphatic carbocycles. The first-order chi connectivity index (χ1) is 5.52. The SMILES string of the molecule is CC(C)C1CC(=O)N(C)C(=O)C1. The summed E-state index contributed by atoms with van der Waals surface area (Å²) in [5.41, 5.74) is 0. The van der Waals surface area contributed by atoms with E-state index in [1.54, 1.807) is 7.05 Å². The van der Waals surface area contributed by atoms with Crippen molar-refractivity contribution in [2.24, 2.45) is 11.8 Å². The molecule has 1 aliphatic rings. The molecule has 1 heterocycles. The van der Waals surface area contributed by atoms with Crippen LogP contribution in [0.2, 0.25) is 0 Å². The van der Waals surface area contributed by atoms with Crippen molar-refractivity contribution in [2.75, 3.05) is 7.05 Å². The molecule has 2 amide bonds. The largest absolute Gasteiger partial charge is 0.286 e. The fraction of sp³-hybridized carbons (Fsp3) is 0.778. The molecule has 12 heavy (non-hydrogen) atoms. The Balaban J connectivity index is 2.66. The smallest absolute Gasteiger partial charge is 0.229 e. The quantitative estimate of drug-likeness (QED) is 0.550. The molecule has 1 fully saturated rings. The predicted molar refractivity (Wildman–Crippen MR) is 45.3 cm³/mol. The van der Waals surface area contributed by atoms with Crippen LogP contribution in [0.5, 0.6) is 0 Å². The number of amides is 2. The van der Waals surface area contributed by atoms with Gasteiger partial charge in [0.2, 0.25) is 11.8 Å². The minimum atomic E-state index is -0.0371. The van der Waals surface area contributed by atoms with Gasteiger partial charge in [0.05, 0.1) is 0 Å². The number of imide groups is 1. The van der Waals surface area contributed by atoms with E-state index in [1.165, 1.54) is 4.90 Å². The highest BCUT2D eigenvalue weighted by atomic mass is 16.2. The zero-order valence-corrected chi connectivity index (χ0v) is 7.83. The summed E-state index contributed by atoms with van der Waals surface area (Å²) >= 11 is 0. The lowest BCUT2D eigenvalue weighted by Gasteiger charge is -2.29. The molecule has 68 valence electrons. The highest BCUT2D eigenvalue weighted by molar-refractivity contribution is 5.97. The van der Waals surface area contributed by atoms with Gasteiger partial charge >= 0.3 is 0 Å². The van der Waals surface area contributed by atoms with Crippen LogP contribution in [-0.2, 0) is 9.59 Å². The van der Waals surface area contributed by atoms with Crippen LogP contribution in [0, 0.1) is 11.8 Å². The third-order valence-electron chi connectivity index (χ3n) is 2.56. The van der Waals surface area contributed by atoms with E-state index in [2.05, 4.69) is 13.8 Å². The number of rotatable bonds is 1. The molecule has 0 bridgehead atoms. The van der Waals surface area contributed by atoms with E-state index < -0.39 is 0 Å². The molecular formula is C9H15NO2. The Labute approximate surface area is 72.7 Å². The molecular weight excluding hydrogens is 154 g/mol. The Hall–Kier alpha value is -0.860. The van der Waals surface area contributed by atoms with Gasteiger partial charge in [0, 0.05) is 19.9 Å². The van der Waals surface area contributed by atoms with E-state index >= 15 is 0 Å². The summed E-state index contributed by atoms with van der Waals surface area (Å²) in [5.74, 6) is 0.600. The van der Waals surface area contributed by atoms with Crippen LogP contribution < -0.4 is 0 Å². The van der Waals surface area contributed by atoms with E-state index in [0.29, 0.717) is 18.8 Å². The van der Waals surface area contributed by atoms with Gasteiger partial charge < -0.3 is 0 Å². The molecule has 0 aromatic heterocycles. The van der Waals surface area contributed by atoms with Crippen molar-refractivity contribution in [3.63, 3.8) is 0 Å².